The molecule has 1 aromatic carbocycles. The monoisotopic (exact) mass is 191 g/mol. The normalized spacial score (nSPS) is 10.6. The van der Waals surface area contributed by atoms with Crippen LogP contribution < -0.4 is 5.73 Å². The quantitative estimate of drug-likeness (QED) is 0.589. The van der Waals surface area contributed by atoms with Crippen molar-refractivity contribution in [3.8, 4) is 0 Å². The highest BCUT2D eigenvalue weighted by Gasteiger charge is 2.11. The van der Waals surface area contributed by atoms with Crippen LogP contribution in [0.1, 0.15) is 36.2 Å². The maximum Gasteiger partial charge on any atom is 0.163 e. The Bertz CT molecular complexity index is 342. The summed E-state index contributed by atoms with van der Waals surface area (Å²) in [6, 6.07) is 5.49. The van der Waals surface area contributed by atoms with E-state index in [0.29, 0.717) is 18.0 Å². The zero-order valence-electron chi connectivity index (χ0n) is 9.00. The van der Waals surface area contributed by atoms with E-state index < -0.39 is 0 Å². The van der Waals surface area contributed by atoms with E-state index in [1.165, 1.54) is 0 Å². The third-order valence-electron chi connectivity index (χ3n) is 2.27. The lowest BCUT2D eigenvalue weighted by Crippen LogP contribution is -2.06. The van der Waals surface area contributed by atoms with Gasteiger partial charge in [0.25, 0.3) is 0 Å². The zero-order chi connectivity index (χ0) is 10.7. The minimum atomic E-state index is 0.185. The molecule has 0 aromatic heterocycles. The van der Waals surface area contributed by atoms with Crippen LogP contribution >= 0.6 is 0 Å². The fraction of sp³-hybridized carbons (Fsp3) is 0.417. The molecule has 0 aliphatic carbocycles. The molecule has 0 aliphatic heterocycles. The van der Waals surface area contributed by atoms with Gasteiger partial charge in [-0.3, -0.25) is 4.79 Å². The predicted octanol–water partition coefficient (Wildman–Crippen LogP) is 2.81. The van der Waals surface area contributed by atoms with Gasteiger partial charge in [-0.05, 0) is 24.5 Å². The van der Waals surface area contributed by atoms with Gasteiger partial charge >= 0.3 is 0 Å². The van der Waals surface area contributed by atoms with Crippen molar-refractivity contribution in [3.63, 3.8) is 0 Å². The van der Waals surface area contributed by atoms with Crippen molar-refractivity contribution < 1.29 is 4.79 Å². The second kappa shape index (κ2) is 4.27. The van der Waals surface area contributed by atoms with Gasteiger partial charge in [-0.1, -0.05) is 26.0 Å². The van der Waals surface area contributed by atoms with Gasteiger partial charge in [0.15, 0.2) is 5.78 Å². The van der Waals surface area contributed by atoms with Crippen molar-refractivity contribution in [2.45, 2.75) is 27.2 Å². The number of hydrogen-bond donors (Lipinski definition) is 1. The number of hydrogen-bond acceptors (Lipinski definition) is 2. The molecule has 2 heteroatoms. The Hall–Kier alpha value is -1.31. The first-order chi connectivity index (χ1) is 6.52. The Kier molecular flexibility index (Phi) is 3.28. The van der Waals surface area contributed by atoms with E-state index in [1.807, 2.05) is 39.0 Å². The Morgan fingerprint density at radius 2 is 2.07 bits per heavy atom. The number of rotatable bonds is 3. The van der Waals surface area contributed by atoms with Gasteiger partial charge < -0.3 is 5.73 Å². The van der Waals surface area contributed by atoms with Crippen LogP contribution in [-0.2, 0) is 0 Å². The average Bonchev–Trinajstić information content (AvgIpc) is 2.08. The van der Waals surface area contributed by atoms with Crippen LogP contribution in [0.4, 0.5) is 5.69 Å². The maximum atomic E-state index is 11.8. The molecule has 0 bridgehead atoms. The van der Waals surface area contributed by atoms with Crippen molar-refractivity contribution >= 4 is 11.5 Å². The fourth-order valence-electron chi connectivity index (χ4n) is 1.44. The highest BCUT2D eigenvalue weighted by atomic mass is 16.1. The van der Waals surface area contributed by atoms with Crippen LogP contribution in [0.25, 0.3) is 0 Å². The van der Waals surface area contributed by atoms with Gasteiger partial charge in [0.05, 0.1) is 0 Å². The molecule has 2 nitrogen and oxygen atoms in total. The Labute approximate surface area is 85.1 Å². The van der Waals surface area contributed by atoms with Gasteiger partial charge in [0, 0.05) is 17.7 Å². The molecule has 0 heterocycles. The lowest BCUT2D eigenvalue weighted by Gasteiger charge is -2.08. The topological polar surface area (TPSA) is 43.1 Å². The minimum Gasteiger partial charge on any atom is -0.398 e. The van der Waals surface area contributed by atoms with Gasteiger partial charge in [0.2, 0.25) is 0 Å². The average molecular weight is 191 g/mol. The second-order valence-electron chi connectivity index (χ2n) is 4.04. The molecule has 0 radical (unpaired) electrons. The maximum absolute atomic E-state index is 11.8. The number of anilines is 1. The summed E-state index contributed by atoms with van der Waals surface area (Å²) in [5.41, 5.74) is 8.09. The van der Waals surface area contributed by atoms with Crippen molar-refractivity contribution in [3.05, 3.63) is 29.3 Å². The molecule has 1 rings (SSSR count). The first kappa shape index (κ1) is 10.8. The van der Waals surface area contributed by atoms with Gasteiger partial charge in [-0.15, -0.1) is 0 Å². The van der Waals surface area contributed by atoms with E-state index in [-0.39, 0.29) is 5.78 Å². The first-order valence-corrected chi connectivity index (χ1v) is 4.90. The van der Waals surface area contributed by atoms with E-state index >= 15 is 0 Å². The number of Topliss-reactive ketones (excluding diaryl/α,β-unsaturated/α-hetero) is 1. The number of nitrogens with two attached hydrogens (primary N) is 1. The van der Waals surface area contributed by atoms with E-state index in [4.69, 9.17) is 5.73 Å². The number of nitrogen functional groups attached to an aromatic ring is 1. The van der Waals surface area contributed by atoms with E-state index in [1.54, 1.807) is 0 Å². The summed E-state index contributed by atoms with van der Waals surface area (Å²) in [4.78, 5) is 11.8. The molecular formula is C12H17NO. The number of ketones is 1. The van der Waals surface area contributed by atoms with E-state index in [2.05, 4.69) is 0 Å². The zero-order valence-corrected chi connectivity index (χ0v) is 9.00. The minimum absolute atomic E-state index is 0.185. The lowest BCUT2D eigenvalue weighted by molar-refractivity contribution is 0.0967. The van der Waals surface area contributed by atoms with Crippen LogP contribution in [0, 0.1) is 12.8 Å². The number of carbonyl (C=O) groups excluding carboxylic acids is 1. The predicted molar refractivity (Wildman–Crippen MR) is 59.4 cm³/mol. The molecule has 0 amide bonds. The first-order valence-electron chi connectivity index (χ1n) is 4.90. The van der Waals surface area contributed by atoms with Gasteiger partial charge in [-0.25, -0.2) is 0 Å². The summed E-state index contributed by atoms with van der Waals surface area (Å²) in [7, 11) is 0. The molecule has 1 aromatic rings. The van der Waals surface area contributed by atoms with Crippen LogP contribution in [0.2, 0.25) is 0 Å². The van der Waals surface area contributed by atoms with Gasteiger partial charge in [-0.2, -0.15) is 0 Å². The van der Waals surface area contributed by atoms with Gasteiger partial charge in [0.1, 0.15) is 0 Å². The highest BCUT2D eigenvalue weighted by molar-refractivity contribution is 5.98. The lowest BCUT2D eigenvalue weighted by atomic mass is 9.97. The van der Waals surface area contributed by atoms with E-state index in [0.717, 1.165) is 11.1 Å². The molecule has 76 valence electrons. The Morgan fingerprint density at radius 3 is 2.64 bits per heavy atom. The van der Waals surface area contributed by atoms with E-state index in [9.17, 15) is 4.79 Å². The molecule has 14 heavy (non-hydrogen) atoms. The largest absolute Gasteiger partial charge is 0.398 e. The Morgan fingerprint density at radius 1 is 1.43 bits per heavy atom. The summed E-state index contributed by atoms with van der Waals surface area (Å²) in [6.07, 6.45) is 0.588. The molecule has 2 N–H and O–H groups in total. The highest BCUT2D eigenvalue weighted by Crippen LogP contribution is 2.18. The summed E-state index contributed by atoms with van der Waals surface area (Å²) < 4.78 is 0. The summed E-state index contributed by atoms with van der Waals surface area (Å²) in [5.74, 6) is 0.577. The van der Waals surface area contributed by atoms with Crippen LogP contribution in [-0.4, -0.2) is 5.78 Å². The molecule has 0 spiro atoms. The third-order valence-corrected chi connectivity index (χ3v) is 2.27. The molecule has 0 saturated carbocycles. The SMILES string of the molecule is Cc1c(N)cccc1C(=O)CC(C)C. The summed E-state index contributed by atoms with van der Waals surface area (Å²) in [5, 5.41) is 0. The second-order valence-corrected chi connectivity index (χ2v) is 4.04. The number of carbonyl (C=O) groups is 1. The van der Waals surface area contributed by atoms with Crippen molar-refractivity contribution in [1.29, 1.82) is 0 Å². The summed E-state index contributed by atoms with van der Waals surface area (Å²) >= 11 is 0. The molecule has 0 atom stereocenters. The Balaban J connectivity index is 2.96. The molecule has 0 unspecified atom stereocenters. The van der Waals surface area contributed by atoms with Crippen LogP contribution in [0.15, 0.2) is 18.2 Å². The van der Waals surface area contributed by atoms with Crippen LogP contribution in [0.5, 0.6) is 0 Å². The molecule has 0 aliphatic rings. The third kappa shape index (κ3) is 2.34. The number of benzene rings is 1. The standard InChI is InChI=1S/C12H17NO/c1-8(2)7-12(14)10-5-4-6-11(13)9(10)3/h4-6,8H,7,13H2,1-3H3. The van der Waals surface area contributed by atoms with Crippen molar-refractivity contribution in [2.24, 2.45) is 5.92 Å². The van der Waals surface area contributed by atoms with Crippen molar-refractivity contribution in [2.75, 3.05) is 5.73 Å². The van der Waals surface area contributed by atoms with Crippen LogP contribution in [0.3, 0.4) is 0 Å². The smallest absolute Gasteiger partial charge is 0.163 e. The molecule has 0 fully saturated rings. The van der Waals surface area contributed by atoms with Crippen molar-refractivity contribution in [1.82, 2.24) is 0 Å². The molecule has 0 saturated heterocycles. The summed E-state index contributed by atoms with van der Waals surface area (Å²) in [6.45, 7) is 5.97. The molecular weight excluding hydrogens is 174 g/mol. The fourth-order valence-corrected chi connectivity index (χ4v) is 1.44.